The molecule has 0 saturated heterocycles. The van der Waals surface area contributed by atoms with Gasteiger partial charge in [0.2, 0.25) is 5.90 Å². The minimum atomic E-state index is -0.997. The SMILES string of the molecule is Fc1cc(F)c(C2=NCCO2)c(F)c1. The molecule has 1 aliphatic rings. The van der Waals surface area contributed by atoms with Gasteiger partial charge in [-0.3, -0.25) is 0 Å². The Morgan fingerprint density at radius 2 is 1.79 bits per heavy atom. The highest BCUT2D eigenvalue weighted by atomic mass is 19.1. The Labute approximate surface area is 78.0 Å². The molecule has 0 bridgehead atoms. The van der Waals surface area contributed by atoms with Gasteiger partial charge in [0, 0.05) is 12.1 Å². The molecule has 14 heavy (non-hydrogen) atoms. The molecule has 0 spiro atoms. The first-order chi connectivity index (χ1) is 6.68. The standard InChI is InChI=1S/C9H6F3NO/c10-5-3-6(11)8(7(12)4-5)9-13-1-2-14-9/h3-4H,1-2H2. The second-order valence-electron chi connectivity index (χ2n) is 2.78. The minimum Gasteiger partial charge on any atom is -0.475 e. The highest BCUT2D eigenvalue weighted by Gasteiger charge is 2.20. The minimum absolute atomic E-state index is 0.0972. The van der Waals surface area contributed by atoms with Crippen LogP contribution in [0.1, 0.15) is 5.56 Å². The number of halogens is 3. The third kappa shape index (κ3) is 1.45. The van der Waals surface area contributed by atoms with Crippen LogP contribution in [0.3, 0.4) is 0 Å². The van der Waals surface area contributed by atoms with Crippen LogP contribution in [0.25, 0.3) is 0 Å². The fraction of sp³-hybridized carbons (Fsp3) is 0.222. The molecule has 1 heterocycles. The number of hydrogen-bond acceptors (Lipinski definition) is 2. The van der Waals surface area contributed by atoms with Gasteiger partial charge in [-0.05, 0) is 0 Å². The largest absolute Gasteiger partial charge is 0.475 e. The summed E-state index contributed by atoms with van der Waals surface area (Å²) in [5.74, 6) is -3.05. The Balaban J connectivity index is 2.52. The van der Waals surface area contributed by atoms with Crippen molar-refractivity contribution in [2.45, 2.75) is 0 Å². The zero-order chi connectivity index (χ0) is 10.1. The molecule has 1 aromatic rings. The van der Waals surface area contributed by atoms with E-state index in [-0.39, 0.29) is 5.90 Å². The molecule has 0 fully saturated rings. The van der Waals surface area contributed by atoms with E-state index in [1.807, 2.05) is 0 Å². The topological polar surface area (TPSA) is 21.6 Å². The van der Waals surface area contributed by atoms with E-state index in [9.17, 15) is 13.2 Å². The summed E-state index contributed by atoms with van der Waals surface area (Å²) in [6.45, 7) is 0.664. The molecule has 0 atom stereocenters. The first kappa shape index (κ1) is 9.05. The van der Waals surface area contributed by atoms with Gasteiger partial charge in [-0.25, -0.2) is 18.2 Å². The molecule has 2 rings (SSSR count). The van der Waals surface area contributed by atoms with Crippen molar-refractivity contribution in [2.24, 2.45) is 4.99 Å². The normalized spacial score (nSPS) is 15.2. The van der Waals surface area contributed by atoms with Gasteiger partial charge in [0.25, 0.3) is 0 Å². The van der Waals surface area contributed by atoms with Crippen molar-refractivity contribution in [1.82, 2.24) is 0 Å². The van der Waals surface area contributed by atoms with E-state index in [2.05, 4.69) is 4.99 Å². The number of aliphatic imine (C=N–C) groups is 1. The maximum atomic E-state index is 13.1. The molecule has 0 unspecified atom stereocenters. The van der Waals surface area contributed by atoms with Gasteiger partial charge in [-0.15, -0.1) is 0 Å². The Morgan fingerprint density at radius 3 is 2.29 bits per heavy atom. The maximum Gasteiger partial charge on any atom is 0.222 e. The first-order valence-electron chi connectivity index (χ1n) is 4.00. The molecular formula is C9H6F3NO. The van der Waals surface area contributed by atoms with Crippen LogP contribution in [0.5, 0.6) is 0 Å². The van der Waals surface area contributed by atoms with E-state index in [1.54, 1.807) is 0 Å². The van der Waals surface area contributed by atoms with Gasteiger partial charge < -0.3 is 4.74 Å². The molecule has 5 heteroatoms. The van der Waals surface area contributed by atoms with E-state index < -0.39 is 23.0 Å². The lowest BCUT2D eigenvalue weighted by atomic mass is 10.2. The summed E-state index contributed by atoms with van der Waals surface area (Å²) in [7, 11) is 0. The Morgan fingerprint density at radius 1 is 1.14 bits per heavy atom. The summed E-state index contributed by atoms with van der Waals surface area (Å²) in [6, 6.07) is 1.20. The van der Waals surface area contributed by atoms with Crippen LogP contribution in [-0.2, 0) is 4.74 Å². The first-order valence-corrected chi connectivity index (χ1v) is 4.00. The molecular weight excluding hydrogens is 195 g/mol. The molecule has 0 amide bonds. The molecule has 2 nitrogen and oxygen atoms in total. The van der Waals surface area contributed by atoms with Gasteiger partial charge >= 0.3 is 0 Å². The maximum absolute atomic E-state index is 13.1. The van der Waals surface area contributed by atoms with Crippen LogP contribution in [0.15, 0.2) is 17.1 Å². The number of benzene rings is 1. The fourth-order valence-electron chi connectivity index (χ4n) is 1.23. The van der Waals surface area contributed by atoms with Crippen molar-refractivity contribution in [3.05, 3.63) is 35.1 Å². The van der Waals surface area contributed by atoms with Crippen molar-refractivity contribution in [3.8, 4) is 0 Å². The molecule has 0 N–H and O–H groups in total. The molecule has 0 aliphatic carbocycles. The van der Waals surface area contributed by atoms with Crippen LogP contribution in [0.4, 0.5) is 13.2 Å². The smallest absolute Gasteiger partial charge is 0.222 e. The van der Waals surface area contributed by atoms with Crippen molar-refractivity contribution >= 4 is 5.90 Å². The quantitative estimate of drug-likeness (QED) is 0.679. The second-order valence-corrected chi connectivity index (χ2v) is 2.78. The van der Waals surface area contributed by atoms with Gasteiger partial charge in [-0.2, -0.15) is 0 Å². The zero-order valence-corrected chi connectivity index (χ0v) is 7.06. The van der Waals surface area contributed by atoms with Crippen LogP contribution in [-0.4, -0.2) is 19.0 Å². The third-order valence-corrected chi connectivity index (χ3v) is 1.81. The lowest BCUT2D eigenvalue weighted by Gasteiger charge is -2.04. The lowest BCUT2D eigenvalue weighted by molar-refractivity contribution is 0.345. The molecule has 0 saturated carbocycles. The highest BCUT2D eigenvalue weighted by Crippen LogP contribution is 2.17. The van der Waals surface area contributed by atoms with Crippen molar-refractivity contribution in [1.29, 1.82) is 0 Å². The van der Waals surface area contributed by atoms with E-state index >= 15 is 0 Å². The summed E-state index contributed by atoms with van der Waals surface area (Å²) in [6.07, 6.45) is 0. The summed E-state index contributed by atoms with van der Waals surface area (Å²) in [4.78, 5) is 3.75. The predicted octanol–water partition coefficient (Wildman–Crippen LogP) is 1.88. The molecule has 74 valence electrons. The van der Waals surface area contributed by atoms with Crippen LogP contribution in [0, 0.1) is 17.5 Å². The van der Waals surface area contributed by atoms with E-state index in [0.717, 1.165) is 0 Å². The Kier molecular flexibility index (Phi) is 2.15. The van der Waals surface area contributed by atoms with E-state index in [0.29, 0.717) is 25.3 Å². The van der Waals surface area contributed by atoms with Crippen molar-refractivity contribution in [2.75, 3.05) is 13.2 Å². The van der Waals surface area contributed by atoms with Gasteiger partial charge in [0.05, 0.1) is 6.54 Å². The average molecular weight is 201 g/mol. The Hall–Kier alpha value is -1.52. The van der Waals surface area contributed by atoms with Crippen molar-refractivity contribution < 1.29 is 17.9 Å². The number of rotatable bonds is 1. The fourth-order valence-corrected chi connectivity index (χ4v) is 1.23. The molecule has 0 radical (unpaired) electrons. The van der Waals surface area contributed by atoms with Crippen LogP contribution < -0.4 is 0 Å². The molecule has 0 aromatic heterocycles. The summed E-state index contributed by atoms with van der Waals surface area (Å²) in [5, 5.41) is 0. The third-order valence-electron chi connectivity index (χ3n) is 1.81. The van der Waals surface area contributed by atoms with Crippen LogP contribution in [0.2, 0.25) is 0 Å². The molecule has 1 aromatic carbocycles. The second kappa shape index (κ2) is 3.32. The van der Waals surface area contributed by atoms with Crippen LogP contribution >= 0.6 is 0 Å². The Bertz CT molecular complexity index is 380. The number of nitrogens with zero attached hydrogens (tertiary/aromatic N) is 1. The summed E-state index contributed by atoms with van der Waals surface area (Å²) < 4.78 is 43.7. The van der Waals surface area contributed by atoms with E-state index in [1.165, 1.54) is 0 Å². The zero-order valence-electron chi connectivity index (χ0n) is 7.06. The average Bonchev–Trinajstić information content (AvgIpc) is 2.54. The highest BCUT2D eigenvalue weighted by molar-refractivity contribution is 5.95. The summed E-state index contributed by atoms with van der Waals surface area (Å²) >= 11 is 0. The van der Waals surface area contributed by atoms with E-state index in [4.69, 9.17) is 4.74 Å². The summed E-state index contributed by atoms with van der Waals surface area (Å²) in [5.41, 5.74) is -0.399. The number of ether oxygens (including phenoxy) is 1. The number of hydrogen-bond donors (Lipinski definition) is 0. The molecule has 1 aliphatic heterocycles. The predicted molar refractivity (Wildman–Crippen MR) is 43.7 cm³/mol. The van der Waals surface area contributed by atoms with Gasteiger partial charge in [-0.1, -0.05) is 0 Å². The lowest BCUT2D eigenvalue weighted by Crippen LogP contribution is -2.08. The monoisotopic (exact) mass is 201 g/mol. The van der Waals surface area contributed by atoms with Crippen molar-refractivity contribution in [3.63, 3.8) is 0 Å². The van der Waals surface area contributed by atoms with Gasteiger partial charge in [0.1, 0.15) is 29.6 Å². The van der Waals surface area contributed by atoms with Gasteiger partial charge in [0.15, 0.2) is 0 Å².